The lowest BCUT2D eigenvalue weighted by molar-refractivity contribution is -0.133. The van der Waals surface area contributed by atoms with Crippen LogP contribution in [0.15, 0.2) is 42.5 Å². The number of aromatic hydroxyl groups is 1. The third kappa shape index (κ3) is 3.97. The largest absolute Gasteiger partial charge is 0.506 e. The number of hydrogen-bond donors (Lipinski definition) is 3. The molecule has 2 rings (SSSR count). The molecule has 0 saturated carbocycles. The van der Waals surface area contributed by atoms with Crippen LogP contribution in [0.2, 0.25) is 5.02 Å². The molecule has 0 unspecified atom stereocenters. The summed E-state index contributed by atoms with van der Waals surface area (Å²) in [7, 11) is 0. The minimum absolute atomic E-state index is 0.0758. The topological polar surface area (TPSA) is 78.4 Å². The molecule has 0 atom stereocenters. The monoisotopic (exact) mass is 304 g/mol. The van der Waals surface area contributed by atoms with E-state index in [4.69, 9.17) is 11.6 Å². The fourth-order valence-corrected chi connectivity index (χ4v) is 1.87. The normalized spacial score (nSPS) is 10.0. The van der Waals surface area contributed by atoms with Crippen molar-refractivity contribution >= 4 is 34.8 Å². The summed E-state index contributed by atoms with van der Waals surface area (Å²) < 4.78 is 0. The summed E-state index contributed by atoms with van der Waals surface area (Å²) in [5.74, 6) is -1.90. The van der Waals surface area contributed by atoms with E-state index in [1.54, 1.807) is 18.2 Å². The lowest BCUT2D eigenvalue weighted by atomic mass is 10.2. The van der Waals surface area contributed by atoms with Crippen molar-refractivity contribution in [2.45, 2.75) is 6.92 Å². The van der Waals surface area contributed by atoms with Gasteiger partial charge in [-0.05, 0) is 42.8 Å². The zero-order chi connectivity index (χ0) is 15.4. The molecule has 2 aromatic carbocycles. The van der Waals surface area contributed by atoms with Gasteiger partial charge in [-0.1, -0.05) is 23.7 Å². The second-order valence-electron chi connectivity index (χ2n) is 4.44. The number of halogens is 1. The van der Waals surface area contributed by atoms with Gasteiger partial charge in [0.25, 0.3) is 0 Å². The number of benzene rings is 2. The van der Waals surface area contributed by atoms with Crippen molar-refractivity contribution in [1.29, 1.82) is 0 Å². The standard InChI is InChI=1S/C15H13ClN2O3/c1-9-3-2-4-11(7-9)17-14(20)15(21)18-12-8-10(16)5-6-13(12)19/h2-8,19H,1H3,(H,17,20)(H,18,21). The van der Waals surface area contributed by atoms with Gasteiger partial charge >= 0.3 is 11.8 Å². The Bertz CT molecular complexity index is 701. The van der Waals surface area contributed by atoms with E-state index in [0.29, 0.717) is 10.7 Å². The van der Waals surface area contributed by atoms with Gasteiger partial charge in [0.2, 0.25) is 0 Å². The number of phenols is 1. The molecule has 6 heteroatoms. The Morgan fingerprint density at radius 1 is 1.05 bits per heavy atom. The first-order valence-electron chi connectivity index (χ1n) is 6.13. The summed E-state index contributed by atoms with van der Waals surface area (Å²) in [5, 5.41) is 14.7. The lowest BCUT2D eigenvalue weighted by Crippen LogP contribution is -2.29. The van der Waals surface area contributed by atoms with Crippen LogP contribution in [0.1, 0.15) is 5.56 Å². The number of amides is 2. The van der Waals surface area contributed by atoms with Gasteiger partial charge in [-0.2, -0.15) is 0 Å². The number of carbonyl (C=O) groups is 2. The lowest BCUT2D eigenvalue weighted by Gasteiger charge is -2.08. The van der Waals surface area contributed by atoms with Crippen molar-refractivity contribution in [2.75, 3.05) is 10.6 Å². The van der Waals surface area contributed by atoms with E-state index >= 15 is 0 Å². The molecule has 2 aromatic rings. The SMILES string of the molecule is Cc1cccc(NC(=O)C(=O)Nc2cc(Cl)ccc2O)c1. The smallest absolute Gasteiger partial charge is 0.314 e. The summed E-state index contributed by atoms with van der Waals surface area (Å²) in [6, 6.07) is 11.2. The molecule has 0 fully saturated rings. The van der Waals surface area contributed by atoms with Crippen LogP contribution in [-0.2, 0) is 9.59 Å². The van der Waals surface area contributed by atoms with Crippen molar-refractivity contribution in [1.82, 2.24) is 0 Å². The quantitative estimate of drug-likeness (QED) is 0.589. The molecule has 0 aliphatic heterocycles. The highest BCUT2D eigenvalue weighted by atomic mass is 35.5. The first kappa shape index (κ1) is 14.9. The summed E-state index contributed by atoms with van der Waals surface area (Å²) in [5.41, 5.74) is 1.55. The van der Waals surface area contributed by atoms with E-state index < -0.39 is 11.8 Å². The Balaban J connectivity index is 2.06. The first-order valence-corrected chi connectivity index (χ1v) is 6.51. The van der Waals surface area contributed by atoms with Crippen LogP contribution in [0, 0.1) is 6.92 Å². The Labute approximate surface area is 126 Å². The molecule has 0 aliphatic rings. The van der Waals surface area contributed by atoms with E-state index in [9.17, 15) is 14.7 Å². The van der Waals surface area contributed by atoms with Crippen molar-refractivity contribution in [3.05, 3.63) is 53.1 Å². The Kier molecular flexibility index (Phi) is 4.45. The number of phenolic OH excluding ortho intramolecular Hbond substituents is 1. The molecule has 0 aromatic heterocycles. The highest BCUT2D eigenvalue weighted by Gasteiger charge is 2.16. The molecule has 0 bridgehead atoms. The number of rotatable bonds is 2. The van der Waals surface area contributed by atoms with E-state index in [1.165, 1.54) is 18.2 Å². The van der Waals surface area contributed by atoms with Crippen LogP contribution in [0.4, 0.5) is 11.4 Å². The number of aryl methyl sites for hydroxylation is 1. The fraction of sp³-hybridized carbons (Fsp3) is 0.0667. The van der Waals surface area contributed by atoms with Gasteiger partial charge in [0.15, 0.2) is 0 Å². The molecule has 108 valence electrons. The van der Waals surface area contributed by atoms with E-state index in [-0.39, 0.29) is 11.4 Å². The zero-order valence-corrected chi connectivity index (χ0v) is 11.9. The predicted octanol–water partition coefficient (Wildman–Crippen LogP) is 2.93. The number of carbonyl (C=O) groups excluding carboxylic acids is 2. The van der Waals surface area contributed by atoms with Gasteiger partial charge in [0.05, 0.1) is 5.69 Å². The maximum atomic E-state index is 11.8. The summed E-state index contributed by atoms with van der Waals surface area (Å²) in [4.78, 5) is 23.6. The molecular formula is C15H13ClN2O3. The fourth-order valence-electron chi connectivity index (χ4n) is 1.70. The van der Waals surface area contributed by atoms with E-state index in [2.05, 4.69) is 10.6 Å². The molecule has 0 saturated heterocycles. The van der Waals surface area contributed by atoms with Crippen molar-refractivity contribution < 1.29 is 14.7 Å². The number of anilines is 2. The summed E-state index contributed by atoms with van der Waals surface area (Å²) in [6.45, 7) is 1.87. The molecule has 3 N–H and O–H groups in total. The molecule has 21 heavy (non-hydrogen) atoms. The van der Waals surface area contributed by atoms with Gasteiger partial charge in [0.1, 0.15) is 5.75 Å². The summed E-state index contributed by atoms with van der Waals surface area (Å²) >= 11 is 5.76. The third-order valence-corrected chi connectivity index (χ3v) is 2.92. The highest BCUT2D eigenvalue weighted by Crippen LogP contribution is 2.26. The van der Waals surface area contributed by atoms with Gasteiger partial charge in [-0.25, -0.2) is 0 Å². The molecule has 5 nitrogen and oxygen atoms in total. The van der Waals surface area contributed by atoms with Gasteiger partial charge in [0, 0.05) is 10.7 Å². The molecule has 0 spiro atoms. The minimum atomic E-state index is -0.894. The first-order chi connectivity index (χ1) is 9.95. The Hall–Kier alpha value is -2.53. The zero-order valence-electron chi connectivity index (χ0n) is 11.2. The van der Waals surface area contributed by atoms with Gasteiger partial charge in [-0.3, -0.25) is 9.59 Å². The summed E-state index contributed by atoms with van der Waals surface area (Å²) in [6.07, 6.45) is 0. The average Bonchev–Trinajstić information content (AvgIpc) is 2.43. The van der Waals surface area contributed by atoms with Crippen molar-refractivity contribution in [2.24, 2.45) is 0 Å². The third-order valence-electron chi connectivity index (χ3n) is 2.69. The van der Waals surface area contributed by atoms with Crippen LogP contribution in [0.3, 0.4) is 0 Å². The molecular weight excluding hydrogens is 292 g/mol. The highest BCUT2D eigenvalue weighted by molar-refractivity contribution is 6.44. The molecule has 0 aliphatic carbocycles. The maximum Gasteiger partial charge on any atom is 0.314 e. The van der Waals surface area contributed by atoms with Crippen LogP contribution >= 0.6 is 11.6 Å². The van der Waals surface area contributed by atoms with Crippen LogP contribution in [0.5, 0.6) is 5.75 Å². The van der Waals surface area contributed by atoms with E-state index in [0.717, 1.165) is 5.56 Å². The molecule has 2 amide bonds. The van der Waals surface area contributed by atoms with E-state index in [1.807, 2.05) is 13.0 Å². The number of hydrogen-bond acceptors (Lipinski definition) is 3. The van der Waals surface area contributed by atoms with Gasteiger partial charge in [-0.15, -0.1) is 0 Å². The molecule has 0 radical (unpaired) electrons. The van der Waals surface area contributed by atoms with Gasteiger partial charge < -0.3 is 15.7 Å². The van der Waals surface area contributed by atoms with Crippen LogP contribution in [-0.4, -0.2) is 16.9 Å². The maximum absolute atomic E-state index is 11.8. The van der Waals surface area contributed by atoms with Crippen LogP contribution < -0.4 is 10.6 Å². The predicted molar refractivity (Wildman–Crippen MR) is 81.6 cm³/mol. The second-order valence-corrected chi connectivity index (χ2v) is 4.88. The Morgan fingerprint density at radius 2 is 1.76 bits per heavy atom. The Morgan fingerprint density at radius 3 is 2.48 bits per heavy atom. The van der Waals surface area contributed by atoms with Crippen molar-refractivity contribution in [3.63, 3.8) is 0 Å². The number of nitrogens with one attached hydrogen (secondary N) is 2. The van der Waals surface area contributed by atoms with Crippen molar-refractivity contribution in [3.8, 4) is 5.75 Å². The average molecular weight is 305 g/mol. The van der Waals surface area contributed by atoms with Crippen LogP contribution in [0.25, 0.3) is 0 Å². The molecule has 0 heterocycles. The minimum Gasteiger partial charge on any atom is -0.506 e. The second kappa shape index (κ2) is 6.28.